The van der Waals surface area contributed by atoms with Gasteiger partial charge in [0.2, 0.25) is 11.8 Å². The van der Waals surface area contributed by atoms with Crippen molar-refractivity contribution in [3.63, 3.8) is 0 Å². The molecular formula is C16H30N2O2. The lowest BCUT2D eigenvalue weighted by atomic mass is 9.82. The molecule has 4 nitrogen and oxygen atoms in total. The molecule has 0 aromatic rings. The molecule has 3 atom stereocenters. The first-order valence-electron chi connectivity index (χ1n) is 7.83. The molecule has 0 aromatic heterocycles. The third kappa shape index (κ3) is 3.74. The molecule has 0 aliphatic carbocycles. The van der Waals surface area contributed by atoms with Crippen LogP contribution in [0.25, 0.3) is 0 Å². The summed E-state index contributed by atoms with van der Waals surface area (Å²) < 4.78 is 0. The van der Waals surface area contributed by atoms with Crippen molar-refractivity contribution in [2.45, 2.75) is 72.9 Å². The molecule has 1 rings (SSSR count). The summed E-state index contributed by atoms with van der Waals surface area (Å²) in [6.45, 7) is 13.0. The fourth-order valence-electron chi connectivity index (χ4n) is 2.79. The maximum Gasteiger partial charge on any atom is 0.245 e. The molecule has 1 heterocycles. The Morgan fingerprint density at radius 1 is 1.25 bits per heavy atom. The predicted molar refractivity (Wildman–Crippen MR) is 81.2 cm³/mol. The number of nitrogens with one attached hydrogen (secondary N) is 1. The highest BCUT2D eigenvalue weighted by molar-refractivity contribution is 5.97. The standard InChI is InChI=1S/C16H30N2O2/c1-7-9-12-15(20)18(10-11(3)8-2)13(14(19)17-12)16(4,5)6/h11-13H,7-10H2,1-6H3,(H,17,19). The average Bonchev–Trinajstić information content (AvgIpc) is 2.33. The van der Waals surface area contributed by atoms with Crippen molar-refractivity contribution in [1.82, 2.24) is 10.2 Å². The van der Waals surface area contributed by atoms with Gasteiger partial charge in [-0.05, 0) is 17.8 Å². The smallest absolute Gasteiger partial charge is 0.245 e. The zero-order valence-electron chi connectivity index (χ0n) is 13.8. The molecule has 20 heavy (non-hydrogen) atoms. The molecule has 0 saturated carbocycles. The monoisotopic (exact) mass is 282 g/mol. The molecule has 1 aliphatic heterocycles. The van der Waals surface area contributed by atoms with Gasteiger partial charge in [0.1, 0.15) is 12.1 Å². The molecule has 4 heteroatoms. The maximum atomic E-state index is 12.7. The molecule has 3 unspecified atom stereocenters. The van der Waals surface area contributed by atoms with Gasteiger partial charge in [0.25, 0.3) is 0 Å². The first-order valence-corrected chi connectivity index (χ1v) is 7.83. The Balaban J connectivity index is 3.03. The van der Waals surface area contributed by atoms with E-state index in [-0.39, 0.29) is 29.3 Å². The minimum absolute atomic E-state index is 0.00106. The first kappa shape index (κ1) is 17.0. The maximum absolute atomic E-state index is 12.7. The topological polar surface area (TPSA) is 49.4 Å². The zero-order chi connectivity index (χ0) is 15.5. The minimum Gasteiger partial charge on any atom is -0.342 e. The van der Waals surface area contributed by atoms with Crippen LogP contribution in [-0.4, -0.2) is 35.3 Å². The highest BCUT2D eigenvalue weighted by Crippen LogP contribution is 2.29. The van der Waals surface area contributed by atoms with Crippen molar-refractivity contribution in [3.05, 3.63) is 0 Å². The number of hydrogen-bond donors (Lipinski definition) is 1. The number of piperazine rings is 1. The van der Waals surface area contributed by atoms with Crippen LogP contribution in [0.15, 0.2) is 0 Å². The Morgan fingerprint density at radius 3 is 2.30 bits per heavy atom. The Bertz CT molecular complexity index is 360. The van der Waals surface area contributed by atoms with Crippen molar-refractivity contribution >= 4 is 11.8 Å². The molecule has 0 spiro atoms. The second-order valence-corrected chi connectivity index (χ2v) is 7.12. The summed E-state index contributed by atoms with van der Waals surface area (Å²) in [5.74, 6) is 0.502. The Labute approximate surface area is 123 Å². The normalized spacial score (nSPS) is 25.6. The van der Waals surface area contributed by atoms with Crippen LogP contribution in [0.2, 0.25) is 0 Å². The van der Waals surface area contributed by atoms with Crippen molar-refractivity contribution in [2.75, 3.05) is 6.54 Å². The second-order valence-electron chi connectivity index (χ2n) is 7.12. The summed E-state index contributed by atoms with van der Waals surface area (Å²) in [7, 11) is 0. The molecule has 0 aromatic carbocycles. The third-order valence-corrected chi connectivity index (χ3v) is 4.06. The zero-order valence-corrected chi connectivity index (χ0v) is 13.8. The van der Waals surface area contributed by atoms with Gasteiger partial charge in [0.15, 0.2) is 0 Å². The summed E-state index contributed by atoms with van der Waals surface area (Å²) in [6, 6.07) is -0.702. The average molecular weight is 282 g/mol. The molecule has 2 amide bonds. The molecule has 1 aliphatic rings. The van der Waals surface area contributed by atoms with E-state index >= 15 is 0 Å². The van der Waals surface area contributed by atoms with Gasteiger partial charge in [-0.3, -0.25) is 9.59 Å². The van der Waals surface area contributed by atoms with Crippen LogP contribution in [0.4, 0.5) is 0 Å². The van der Waals surface area contributed by atoms with Crippen LogP contribution >= 0.6 is 0 Å². The van der Waals surface area contributed by atoms with Gasteiger partial charge in [0.05, 0.1) is 0 Å². The van der Waals surface area contributed by atoms with Gasteiger partial charge in [-0.1, -0.05) is 54.4 Å². The molecule has 116 valence electrons. The van der Waals surface area contributed by atoms with Crippen LogP contribution in [-0.2, 0) is 9.59 Å². The first-order chi connectivity index (χ1) is 9.22. The van der Waals surface area contributed by atoms with Crippen LogP contribution in [0.3, 0.4) is 0 Å². The number of nitrogens with zero attached hydrogens (tertiary/aromatic N) is 1. The van der Waals surface area contributed by atoms with E-state index in [2.05, 4.69) is 19.2 Å². The molecule has 0 bridgehead atoms. The van der Waals surface area contributed by atoms with Gasteiger partial charge in [-0.15, -0.1) is 0 Å². The number of carbonyl (C=O) groups excluding carboxylic acids is 2. The fraction of sp³-hybridized carbons (Fsp3) is 0.875. The summed E-state index contributed by atoms with van der Waals surface area (Å²) in [6.07, 6.45) is 2.63. The van der Waals surface area contributed by atoms with E-state index < -0.39 is 0 Å². The molecular weight excluding hydrogens is 252 g/mol. The van der Waals surface area contributed by atoms with E-state index in [1.807, 2.05) is 32.6 Å². The third-order valence-electron chi connectivity index (χ3n) is 4.06. The lowest BCUT2D eigenvalue weighted by molar-refractivity contribution is -0.154. The molecule has 0 radical (unpaired) electrons. The van der Waals surface area contributed by atoms with Crippen LogP contribution in [0.1, 0.15) is 60.8 Å². The van der Waals surface area contributed by atoms with Gasteiger partial charge in [-0.25, -0.2) is 0 Å². The van der Waals surface area contributed by atoms with Gasteiger partial charge in [-0.2, -0.15) is 0 Å². The van der Waals surface area contributed by atoms with E-state index in [0.717, 1.165) is 19.3 Å². The van der Waals surface area contributed by atoms with E-state index in [1.165, 1.54) is 0 Å². The van der Waals surface area contributed by atoms with E-state index in [9.17, 15) is 9.59 Å². The van der Waals surface area contributed by atoms with Gasteiger partial charge < -0.3 is 10.2 Å². The Kier molecular flexibility index (Phi) is 5.60. The van der Waals surface area contributed by atoms with E-state index in [0.29, 0.717) is 12.5 Å². The largest absolute Gasteiger partial charge is 0.342 e. The Morgan fingerprint density at radius 2 is 1.85 bits per heavy atom. The predicted octanol–water partition coefficient (Wildman–Crippen LogP) is 2.57. The molecule has 1 saturated heterocycles. The van der Waals surface area contributed by atoms with Gasteiger partial charge in [0, 0.05) is 6.54 Å². The summed E-state index contributed by atoms with van der Waals surface area (Å²) >= 11 is 0. The number of hydrogen-bond acceptors (Lipinski definition) is 2. The number of amides is 2. The van der Waals surface area contributed by atoms with Crippen molar-refractivity contribution in [2.24, 2.45) is 11.3 Å². The summed E-state index contributed by atoms with van der Waals surface area (Å²) in [5, 5.41) is 2.91. The lowest BCUT2D eigenvalue weighted by Gasteiger charge is -2.45. The SMILES string of the molecule is CCCC1NC(=O)C(C(C)(C)C)N(CC(C)CC)C1=O. The number of rotatable bonds is 5. The van der Waals surface area contributed by atoms with Crippen LogP contribution < -0.4 is 5.32 Å². The van der Waals surface area contributed by atoms with Crippen LogP contribution in [0, 0.1) is 11.3 Å². The van der Waals surface area contributed by atoms with Gasteiger partial charge >= 0.3 is 0 Å². The van der Waals surface area contributed by atoms with E-state index in [1.54, 1.807) is 0 Å². The summed E-state index contributed by atoms with van der Waals surface area (Å²) in [5.41, 5.74) is -0.246. The minimum atomic E-state index is -0.364. The highest BCUT2D eigenvalue weighted by Gasteiger charge is 2.45. The van der Waals surface area contributed by atoms with Crippen molar-refractivity contribution < 1.29 is 9.59 Å². The summed E-state index contributed by atoms with van der Waals surface area (Å²) in [4.78, 5) is 27.0. The highest BCUT2D eigenvalue weighted by atomic mass is 16.2. The number of carbonyl (C=O) groups is 2. The molecule has 1 N–H and O–H groups in total. The lowest BCUT2D eigenvalue weighted by Crippen LogP contribution is -2.67. The molecule has 1 fully saturated rings. The quantitative estimate of drug-likeness (QED) is 0.842. The van der Waals surface area contributed by atoms with Crippen LogP contribution in [0.5, 0.6) is 0 Å². The Hall–Kier alpha value is -1.06. The van der Waals surface area contributed by atoms with Crippen molar-refractivity contribution in [1.29, 1.82) is 0 Å². The van der Waals surface area contributed by atoms with E-state index in [4.69, 9.17) is 0 Å². The second kappa shape index (κ2) is 6.59. The van der Waals surface area contributed by atoms with Crippen molar-refractivity contribution in [3.8, 4) is 0 Å². The fourth-order valence-corrected chi connectivity index (χ4v) is 2.79.